The first-order valence-electron chi connectivity index (χ1n) is 3.83. The lowest BCUT2D eigenvalue weighted by atomic mass is 10.3. The summed E-state index contributed by atoms with van der Waals surface area (Å²) in [6.45, 7) is 3.43. The summed E-state index contributed by atoms with van der Waals surface area (Å²) < 4.78 is 33.7. The van der Waals surface area contributed by atoms with Gasteiger partial charge in [0.25, 0.3) is 0 Å². The van der Waals surface area contributed by atoms with Crippen LogP contribution in [0, 0.1) is 0 Å². The van der Waals surface area contributed by atoms with E-state index in [1.165, 1.54) is 0 Å². The molecule has 1 unspecified atom stereocenters. The van der Waals surface area contributed by atoms with Crippen LogP contribution in [0.4, 0.5) is 0 Å². The first-order valence-corrected chi connectivity index (χ1v) is 5.16. The van der Waals surface area contributed by atoms with Gasteiger partial charge in [0.2, 0.25) is 10.4 Å². The Labute approximate surface area is 77.9 Å². The molecule has 80 valence electrons. The van der Waals surface area contributed by atoms with E-state index in [4.69, 9.17) is 5.11 Å². The molecular weight excluding hydrogens is 198 g/mol. The van der Waals surface area contributed by atoms with Gasteiger partial charge < -0.3 is 15.0 Å². The maximum absolute atomic E-state index is 9.96. The summed E-state index contributed by atoms with van der Waals surface area (Å²) in [6, 6.07) is 0.179. The number of hydrogen-bond acceptors (Lipinski definition) is 6. The minimum Gasteiger partial charge on any atom is -0.726 e. The van der Waals surface area contributed by atoms with Gasteiger partial charge >= 0.3 is 0 Å². The molecule has 0 rings (SSSR count). The number of aliphatic hydroxyl groups excluding tert-OH is 1. The molecule has 0 saturated heterocycles. The third-order valence-electron chi connectivity index (χ3n) is 1.17. The van der Waals surface area contributed by atoms with Gasteiger partial charge in [0.1, 0.15) is 0 Å². The normalized spacial score (nSPS) is 14.8. The van der Waals surface area contributed by atoms with E-state index < -0.39 is 23.1 Å². The van der Waals surface area contributed by atoms with Gasteiger partial charge in [-0.05, 0) is 0 Å². The Morgan fingerprint density at radius 3 is 2.46 bits per heavy atom. The number of rotatable bonds is 6. The molecule has 0 aromatic rings. The summed E-state index contributed by atoms with van der Waals surface area (Å²) in [5.74, 6) is 0. The van der Waals surface area contributed by atoms with Crippen molar-refractivity contribution in [3.8, 4) is 0 Å². The third-order valence-corrected chi connectivity index (χ3v) is 1.59. The molecule has 0 amide bonds. The van der Waals surface area contributed by atoms with E-state index in [1.54, 1.807) is 0 Å². The van der Waals surface area contributed by atoms with Gasteiger partial charge in [0.05, 0.1) is 12.7 Å². The van der Waals surface area contributed by atoms with Gasteiger partial charge in [-0.1, -0.05) is 13.8 Å². The Kier molecular flexibility index (Phi) is 5.42. The van der Waals surface area contributed by atoms with Crippen molar-refractivity contribution in [3.05, 3.63) is 0 Å². The molecule has 0 aromatic carbocycles. The smallest absolute Gasteiger partial charge is 0.217 e. The molecule has 0 aliphatic heterocycles. The van der Waals surface area contributed by atoms with Crippen LogP contribution in [0.2, 0.25) is 0 Å². The second kappa shape index (κ2) is 5.51. The molecular formula is C6H14NO5S-. The fraction of sp³-hybridized carbons (Fsp3) is 1.00. The van der Waals surface area contributed by atoms with Crippen LogP contribution in [0.3, 0.4) is 0 Å². The Bertz CT molecular complexity index is 225. The van der Waals surface area contributed by atoms with Crippen LogP contribution in [-0.2, 0) is 14.6 Å². The van der Waals surface area contributed by atoms with Gasteiger partial charge in [-0.25, -0.2) is 8.42 Å². The van der Waals surface area contributed by atoms with Crippen molar-refractivity contribution in [2.75, 3.05) is 13.2 Å². The number of nitrogens with one attached hydrogen (secondary N) is 1. The molecule has 0 aliphatic carbocycles. The average molecular weight is 212 g/mol. The lowest BCUT2D eigenvalue weighted by Crippen LogP contribution is -2.34. The Hall–Kier alpha value is -0.210. The summed E-state index contributed by atoms with van der Waals surface area (Å²) in [5, 5.41) is 11.9. The topological polar surface area (TPSA) is 98.7 Å². The standard InChI is InChI=1S/C6H15NO5S/c1-5(2)7-3-6(8)4-12-13(9,10)11/h5-8H,3-4H2,1-2H3,(H,9,10,11)/p-1. The lowest BCUT2D eigenvalue weighted by molar-refractivity contribution is 0.0993. The van der Waals surface area contributed by atoms with Crippen molar-refractivity contribution in [1.82, 2.24) is 5.32 Å². The molecule has 0 aliphatic rings. The van der Waals surface area contributed by atoms with E-state index in [2.05, 4.69) is 9.50 Å². The highest BCUT2D eigenvalue weighted by Crippen LogP contribution is 1.90. The van der Waals surface area contributed by atoms with Crippen LogP contribution >= 0.6 is 0 Å². The zero-order valence-electron chi connectivity index (χ0n) is 7.56. The first-order chi connectivity index (χ1) is 5.81. The van der Waals surface area contributed by atoms with Gasteiger partial charge in [0, 0.05) is 12.6 Å². The second-order valence-electron chi connectivity index (χ2n) is 2.91. The van der Waals surface area contributed by atoms with Crippen LogP contribution in [0.1, 0.15) is 13.8 Å². The molecule has 0 bridgehead atoms. The monoisotopic (exact) mass is 212 g/mol. The molecule has 13 heavy (non-hydrogen) atoms. The average Bonchev–Trinajstić information content (AvgIpc) is 1.95. The Balaban J connectivity index is 3.58. The molecule has 2 N–H and O–H groups in total. The van der Waals surface area contributed by atoms with Crippen molar-refractivity contribution in [1.29, 1.82) is 0 Å². The van der Waals surface area contributed by atoms with Crippen molar-refractivity contribution in [3.63, 3.8) is 0 Å². The van der Waals surface area contributed by atoms with Gasteiger partial charge in [-0.2, -0.15) is 0 Å². The van der Waals surface area contributed by atoms with E-state index in [-0.39, 0.29) is 12.6 Å². The van der Waals surface area contributed by atoms with Crippen LogP contribution in [-0.4, -0.2) is 43.4 Å². The maximum Gasteiger partial charge on any atom is 0.217 e. The molecule has 7 heteroatoms. The van der Waals surface area contributed by atoms with Crippen molar-refractivity contribution < 1.29 is 22.3 Å². The minimum absolute atomic E-state index is 0.179. The largest absolute Gasteiger partial charge is 0.726 e. The summed E-state index contributed by atoms with van der Waals surface area (Å²) in [4.78, 5) is 0. The minimum atomic E-state index is -4.70. The molecule has 0 aromatic heterocycles. The van der Waals surface area contributed by atoms with Crippen LogP contribution < -0.4 is 5.32 Å². The molecule has 0 radical (unpaired) electrons. The first kappa shape index (κ1) is 12.8. The second-order valence-corrected chi connectivity index (χ2v) is 3.96. The highest BCUT2D eigenvalue weighted by Gasteiger charge is 2.06. The summed E-state index contributed by atoms with van der Waals surface area (Å²) in [5.41, 5.74) is 0. The molecule has 1 atom stereocenters. The third kappa shape index (κ3) is 9.71. The predicted molar refractivity (Wildman–Crippen MR) is 44.8 cm³/mol. The Morgan fingerprint density at radius 1 is 1.54 bits per heavy atom. The van der Waals surface area contributed by atoms with Gasteiger partial charge in [0.15, 0.2) is 0 Å². The van der Waals surface area contributed by atoms with Crippen LogP contribution in [0.5, 0.6) is 0 Å². The van der Waals surface area contributed by atoms with E-state index in [0.717, 1.165) is 0 Å². The van der Waals surface area contributed by atoms with Gasteiger partial charge in [-0.3, -0.25) is 4.18 Å². The van der Waals surface area contributed by atoms with Crippen molar-refractivity contribution in [2.24, 2.45) is 0 Å². The highest BCUT2D eigenvalue weighted by atomic mass is 32.3. The number of aliphatic hydroxyl groups is 1. The van der Waals surface area contributed by atoms with E-state index in [1.807, 2.05) is 13.8 Å². The van der Waals surface area contributed by atoms with E-state index in [0.29, 0.717) is 0 Å². The predicted octanol–water partition coefficient (Wildman–Crippen LogP) is -1.18. The van der Waals surface area contributed by atoms with Crippen molar-refractivity contribution in [2.45, 2.75) is 26.0 Å². The zero-order chi connectivity index (χ0) is 10.5. The molecule has 0 heterocycles. The SMILES string of the molecule is CC(C)NCC(O)COS(=O)(=O)[O-]. The summed E-state index contributed by atoms with van der Waals surface area (Å²) in [6.07, 6.45) is -0.994. The fourth-order valence-electron chi connectivity index (χ4n) is 0.593. The maximum atomic E-state index is 9.96. The molecule has 6 nitrogen and oxygen atoms in total. The number of hydrogen-bond donors (Lipinski definition) is 2. The van der Waals surface area contributed by atoms with E-state index in [9.17, 15) is 13.0 Å². The van der Waals surface area contributed by atoms with E-state index >= 15 is 0 Å². The highest BCUT2D eigenvalue weighted by molar-refractivity contribution is 7.80. The van der Waals surface area contributed by atoms with Crippen LogP contribution in [0.15, 0.2) is 0 Å². The van der Waals surface area contributed by atoms with Gasteiger partial charge in [-0.15, -0.1) is 0 Å². The molecule has 0 fully saturated rings. The quantitative estimate of drug-likeness (QED) is 0.425. The Morgan fingerprint density at radius 2 is 2.08 bits per heavy atom. The summed E-state index contributed by atoms with van der Waals surface area (Å²) in [7, 11) is -4.70. The van der Waals surface area contributed by atoms with Crippen LogP contribution in [0.25, 0.3) is 0 Å². The fourth-order valence-corrected chi connectivity index (χ4v) is 0.916. The molecule has 0 saturated carbocycles. The zero-order valence-corrected chi connectivity index (χ0v) is 8.37. The molecule has 0 spiro atoms. The van der Waals surface area contributed by atoms with Crippen molar-refractivity contribution >= 4 is 10.4 Å². The summed E-state index contributed by atoms with van der Waals surface area (Å²) >= 11 is 0. The lowest BCUT2D eigenvalue weighted by Gasteiger charge is -2.15.